The minimum absolute atomic E-state index is 0.771. The van der Waals surface area contributed by atoms with E-state index < -0.39 is 0 Å². The summed E-state index contributed by atoms with van der Waals surface area (Å²) >= 11 is 1.77. The number of aryl methyl sites for hydroxylation is 2. The third kappa shape index (κ3) is 2.64. The number of nitrogens with one attached hydrogen (secondary N) is 1. The van der Waals surface area contributed by atoms with E-state index in [-0.39, 0.29) is 0 Å². The lowest BCUT2D eigenvalue weighted by molar-refractivity contribution is 0.893. The number of aromatic nitrogens is 2. The summed E-state index contributed by atoms with van der Waals surface area (Å²) in [4.78, 5) is 10.5. The van der Waals surface area contributed by atoms with Gasteiger partial charge < -0.3 is 5.43 Å². The maximum Gasteiger partial charge on any atom is 0.147 e. The Morgan fingerprint density at radius 2 is 2.10 bits per heavy atom. The Morgan fingerprint density at radius 3 is 2.90 bits per heavy atom. The van der Waals surface area contributed by atoms with E-state index in [9.17, 15) is 0 Å². The van der Waals surface area contributed by atoms with Gasteiger partial charge in [-0.25, -0.2) is 15.8 Å². The quantitative estimate of drug-likeness (QED) is 0.514. The second-order valence-electron chi connectivity index (χ2n) is 4.97. The fourth-order valence-corrected chi connectivity index (χ4v) is 3.41. The zero-order valence-electron chi connectivity index (χ0n) is 11.5. The van der Waals surface area contributed by atoms with Crippen LogP contribution in [0.1, 0.15) is 29.1 Å². The van der Waals surface area contributed by atoms with Crippen molar-refractivity contribution in [3.05, 3.63) is 46.9 Å². The molecule has 0 saturated heterocycles. The van der Waals surface area contributed by atoms with Crippen LogP contribution < -0.4 is 11.3 Å². The predicted octanol–water partition coefficient (Wildman–Crippen LogP) is 2.85. The highest BCUT2D eigenvalue weighted by molar-refractivity contribution is 7.98. The van der Waals surface area contributed by atoms with Crippen LogP contribution in [0.4, 0.5) is 5.82 Å². The predicted molar refractivity (Wildman–Crippen MR) is 82.6 cm³/mol. The minimum atomic E-state index is 0.771. The van der Waals surface area contributed by atoms with Crippen LogP contribution >= 0.6 is 11.8 Å². The molecule has 0 bridgehead atoms. The molecule has 3 rings (SSSR count). The van der Waals surface area contributed by atoms with Crippen molar-refractivity contribution in [1.82, 2.24) is 9.97 Å². The number of benzene rings is 1. The van der Waals surface area contributed by atoms with Gasteiger partial charge >= 0.3 is 0 Å². The van der Waals surface area contributed by atoms with Gasteiger partial charge in [0.25, 0.3) is 0 Å². The Morgan fingerprint density at radius 1 is 1.25 bits per heavy atom. The third-order valence-electron chi connectivity index (χ3n) is 3.57. The Kier molecular flexibility index (Phi) is 3.89. The highest BCUT2D eigenvalue weighted by atomic mass is 32.2. The van der Waals surface area contributed by atoms with Crippen molar-refractivity contribution in [3.8, 4) is 0 Å². The van der Waals surface area contributed by atoms with E-state index in [4.69, 9.17) is 5.84 Å². The van der Waals surface area contributed by atoms with Gasteiger partial charge in [-0.3, -0.25) is 0 Å². The highest BCUT2D eigenvalue weighted by Gasteiger charge is 2.18. The molecule has 104 valence electrons. The lowest BCUT2D eigenvalue weighted by atomic mass is 10.2. The second-order valence-corrected chi connectivity index (χ2v) is 5.98. The number of fused-ring (bicyclic) bond motifs is 1. The maximum absolute atomic E-state index is 5.58. The van der Waals surface area contributed by atoms with Crippen LogP contribution in [0.15, 0.2) is 29.2 Å². The van der Waals surface area contributed by atoms with E-state index in [0.717, 1.165) is 42.4 Å². The van der Waals surface area contributed by atoms with E-state index in [0.29, 0.717) is 0 Å². The molecule has 0 fully saturated rings. The Bertz CT molecular complexity index is 627. The Balaban J connectivity index is 1.80. The number of hydrogen-bond donors (Lipinski definition) is 2. The normalized spacial score (nSPS) is 13.3. The molecule has 1 aromatic heterocycles. The zero-order chi connectivity index (χ0) is 13.9. The van der Waals surface area contributed by atoms with Crippen molar-refractivity contribution < 1.29 is 0 Å². The third-order valence-corrected chi connectivity index (χ3v) is 4.74. The molecule has 1 aromatic carbocycles. The number of nitrogens with two attached hydrogens (primary N) is 1. The first-order valence-corrected chi connectivity index (χ1v) is 7.80. The van der Waals surface area contributed by atoms with Crippen molar-refractivity contribution in [1.29, 1.82) is 0 Å². The number of rotatable bonds is 4. The summed E-state index contributed by atoms with van der Waals surface area (Å²) in [7, 11) is 0. The number of thioether (sulfide) groups is 1. The largest absolute Gasteiger partial charge is 0.308 e. The summed E-state index contributed by atoms with van der Waals surface area (Å²) in [6.45, 7) is 2.12. The van der Waals surface area contributed by atoms with Crippen LogP contribution in [0.3, 0.4) is 0 Å². The van der Waals surface area contributed by atoms with Gasteiger partial charge in [0.05, 0.1) is 5.75 Å². The van der Waals surface area contributed by atoms with E-state index in [1.807, 2.05) is 0 Å². The van der Waals surface area contributed by atoms with Gasteiger partial charge in [0.15, 0.2) is 0 Å². The Hall–Kier alpha value is -1.59. The van der Waals surface area contributed by atoms with Gasteiger partial charge in [-0.05, 0) is 37.8 Å². The van der Waals surface area contributed by atoms with E-state index in [1.165, 1.54) is 16.0 Å². The van der Waals surface area contributed by atoms with Crippen molar-refractivity contribution in [2.45, 2.75) is 36.8 Å². The first-order valence-electron chi connectivity index (χ1n) is 6.81. The van der Waals surface area contributed by atoms with Crippen molar-refractivity contribution >= 4 is 17.6 Å². The fourth-order valence-electron chi connectivity index (χ4n) is 2.53. The molecule has 0 aliphatic heterocycles. The molecule has 0 unspecified atom stereocenters. The van der Waals surface area contributed by atoms with Gasteiger partial charge in [-0.15, -0.1) is 11.8 Å². The summed E-state index contributed by atoms with van der Waals surface area (Å²) in [5.74, 6) is 8.00. The van der Waals surface area contributed by atoms with Crippen molar-refractivity contribution in [2.75, 3.05) is 5.43 Å². The van der Waals surface area contributed by atoms with Gasteiger partial charge in [-0.2, -0.15) is 0 Å². The molecule has 0 amide bonds. The van der Waals surface area contributed by atoms with E-state index >= 15 is 0 Å². The van der Waals surface area contributed by atoms with Crippen LogP contribution in [-0.2, 0) is 18.6 Å². The topological polar surface area (TPSA) is 63.8 Å². The average Bonchev–Trinajstić information content (AvgIpc) is 2.94. The smallest absolute Gasteiger partial charge is 0.147 e. The molecule has 2 aromatic rings. The maximum atomic E-state index is 5.58. The molecule has 0 radical (unpaired) electrons. The zero-order valence-corrected chi connectivity index (χ0v) is 12.3. The van der Waals surface area contributed by atoms with E-state index in [1.54, 1.807) is 11.8 Å². The first kappa shape index (κ1) is 13.4. The number of anilines is 1. The lowest BCUT2D eigenvalue weighted by Gasteiger charge is -2.09. The minimum Gasteiger partial charge on any atom is -0.308 e. The van der Waals surface area contributed by atoms with Gasteiger partial charge in [0, 0.05) is 16.2 Å². The SMILES string of the molecule is Cc1ccccc1SCc1nc2c(c(NN)n1)CCC2. The molecule has 1 aliphatic carbocycles. The first-order chi connectivity index (χ1) is 9.78. The number of nitrogen functional groups attached to an aromatic ring is 1. The molecule has 0 spiro atoms. The summed E-state index contributed by atoms with van der Waals surface area (Å²) in [6, 6.07) is 8.38. The summed E-state index contributed by atoms with van der Waals surface area (Å²) in [5.41, 5.74) is 6.36. The number of hydrogen-bond acceptors (Lipinski definition) is 5. The summed E-state index contributed by atoms with van der Waals surface area (Å²) < 4.78 is 0. The molecule has 0 atom stereocenters. The number of hydrazine groups is 1. The summed E-state index contributed by atoms with van der Waals surface area (Å²) in [6.07, 6.45) is 3.21. The fraction of sp³-hybridized carbons (Fsp3) is 0.333. The Labute approximate surface area is 123 Å². The molecule has 1 aliphatic rings. The molecule has 3 N–H and O–H groups in total. The molecule has 0 saturated carbocycles. The molecule has 20 heavy (non-hydrogen) atoms. The summed E-state index contributed by atoms with van der Waals surface area (Å²) in [5, 5.41) is 0. The van der Waals surface area contributed by atoms with Crippen molar-refractivity contribution in [3.63, 3.8) is 0 Å². The van der Waals surface area contributed by atoms with Crippen molar-refractivity contribution in [2.24, 2.45) is 5.84 Å². The lowest BCUT2D eigenvalue weighted by Crippen LogP contribution is -2.13. The van der Waals surface area contributed by atoms with Gasteiger partial charge in [0.2, 0.25) is 0 Å². The average molecular weight is 286 g/mol. The molecule has 4 nitrogen and oxygen atoms in total. The van der Waals surface area contributed by atoms with Crippen LogP contribution in [0.5, 0.6) is 0 Å². The molecule has 1 heterocycles. The molecular weight excluding hydrogens is 268 g/mol. The number of nitrogens with zero attached hydrogens (tertiary/aromatic N) is 2. The van der Waals surface area contributed by atoms with Crippen LogP contribution in [-0.4, -0.2) is 9.97 Å². The molecule has 5 heteroatoms. The monoisotopic (exact) mass is 286 g/mol. The second kappa shape index (κ2) is 5.81. The van der Waals surface area contributed by atoms with Crippen LogP contribution in [0.25, 0.3) is 0 Å². The highest BCUT2D eigenvalue weighted by Crippen LogP contribution is 2.29. The molecular formula is C15H18N4S. The van der Waals surface area contributed by atoms with Crippen LogP contribution in [0, 0.1) is 6.92 Å². The van der Waals surface area contributed by atoms with Gasteiger partial charge in [-0.1, -0.05) is 18.2 Å². The van der Waals surface area contributed by atoms with E-state index in [2.05, 4.69) is 46.6 Å². The van der Waals surface area contributed by atoms with Gasteiger partial charge in [0.1, 0.15) is 11.6 Å². The standard InChI is InChI=1S/C15H18N4S/c1-10-5-2-3-8-13(10)20-9-14-17-12-7-4-6-11(12)15(18-14)19-16/h2-3,5,8H,4,6-7,9,16H2,1H3,(H,17,18,19). The van der Waals surface area contributed by atoms with Crippen LogP contribution in [0.2, 0.25) is 0 Å².